The quantitative estimate of drug-likeness (QED) is 0.730. The Bertz CT molecular complexity index is 483. The Morgan fingerprint density at radius 2 is 2.00 bits per heavy atom. The molecule has 1 aromatic rings. The predicted molar refractivity (Wildman–Crippen MR) is 103 cm³/mol. The fourth-order valence-electron chi connectivity index (χ4n) is 2.90. The Hall–Kier alpha value is -1.01. The van der Waals surface area contributed by atoms with E-state index in [1.807, 2.05) is 19.2 Å². The Balaban J connectivity index is 0.00000264. The molecule has 0 aliphatic carbocycles. The average Bonchev–Trinajstić information content (AvgIpc) is 3.07. The molecule has 1 unspecified atom stereocenters. The van der Waals surface area contributed by atoms with Crippen molar-refractivity contribution in [3.63, 3.8) is 0 Å². The summed E-state index contributed by atoms with van der Waals surface area (Å²) in [6.07, 6.45) is 2.98. The van der Waals surface area contributed by atoms with E-state index in [-0.39, 0.29) is 36.8 Å². The molecule has 24 heavy (non-hydrogen) atoms. The minimum atomic E-state index is 0. The zero-order valence-corrected chi connectivity index (χ0v) is 16.0. The highest BCUT2D eigenvalue weighted by molar-refractivity contribution is 5.85. The molecule has 5 nitrogen and oxygen atoms in total. The highest BCUT2D eigenvalue weighted by atomic mass is 35.5. The second-order valence-corrected chi connectivity index (χ2v) is 5.69. The molecule has 1 aliphatic heterocycles. The Morgan fingerprint density at radius 1 is 1.29 bits per heavy atom. The maximum absolute atomic E-state index is 11.9. The van der Waals surface area contributed by atoms with E-state index in [9.17, 15) is 4.79 Å². The number of carbonyl (C=O) groups is 1. The van der Waals surface area contributed by atoms with Gasteiger partial charge >= 0.3 is 0 Å². The lowest BCUT2D eigenvalue weighted by Crippen LogP contribution is -2.37. The predicted octanol–water partition coefficient (Wildman–Crippen LogP) is 2.40. The van der Waals surface area contributed by atoms with Crippen LogP contribution in [0, 0.1) is 0 Å². The second kappa shape index (κ2) is 12.4. The summed E-state index contributed by atoms with van der Waals surface area (Å²) in [5, 5.41) is 6.07. The van der Waals surface area contributed by atoms with Crippen molar-refractivity contribution in [1.29, 1.82) is 0 Å². The molecule has 0 radical (unpaired) electrons. The van der Waals surface area contributed by atoms with Gasteiger partial charge in [-0.25, -0.2) is 0 Å². The van der Waals surface area contributed by atoms with Gasteiger partial charge in [0.1, 0.15) is 5.75 Å². The van der Waals surface area contributed by atoms with E-state index >= 15 is 0 Å². The van der Waals surface area contributed by atoms with Crippen molar-refractivity contribution in [3.8, 4) is 5.75 Å². The van der Waals surface area contributed by atoms with Crippen LogP contribution in [-0.2, 0) is 4.79 Å². The van der Waals surface area contributed by atoms with E-state index in [4.69, 9.17) is 4.74 Å². The number of hydrogen-bond donors (Lipinski definition) is 2. The molecule has 0 aromatic heterocycles. The fraction of sp³-hybridized carbons (Fsp3) is 0.588. The minimum absolute atomic E-state index is 0. The van der Waals surface area contributed by atoms with Crippen molar-refractivity contribution >= 4 is 30.7 Å². The summed E-state index contributed by atoms with van der Waals surface area (Å²) in [6, 6.07) is 8.38. The molecule has 1 aromatic carbocycles. The van der Waals surface area contributed by atoms with Crippen molar-refractivity contribution in [2.24, 2.45) is 0 Å². The number of nitrogens with zero attached hydrogens (tertiary/aromatic N) is 1. The molecule has 0 saturated carbocycles. The maximum atomic E-state index is 11.9. The first kappa shape index (κ1) is 23.0. The molecule has 1 amide bonds. The number of likely N-dealkylation sites (tertiary alicyclic amines) is 1. The summed E-state index contributed by atoms with van der Waals surface area (Å²) < 4.78 is 5.33. The minimum Gasteiger partial charge on any atom is -0.497 e. The molecule has 1 atom stereocenters. The number of benzene rings is 1. The van der Waals surface area contributed by atoms with Crippen LogP contribution in [0.5, 0.6) is 5.75 Å². The van der Waals surface area contributed by atoms with E-state index in [0.717, 1.165) is 18.8 Å². The number of nitrogens with one attached hydrogen (secondary N) is 2. The summed E-state index contributed by atoms with van der Waals surface area (Å²) in [7, 11) is 3.54. The van der Waals surface area contributed by atoms with Gasteiger partial charge in [0.2, 0.25) is 5.91 Å². The molecule has 2 N–H and O–H groups in total. The van der Waals surface area contributed by atoms with Crippen molar-refractivity contribution in [2.75, 3.05) is 40.3 Å². The van der Waals surface area contributed by atoms with Gasteiger partial charge in [-0.1, -0.05) is 12.1 Å². The molecule has 2 rings (SSSR count). The van der Waals surface area contributed by atoms with Crippen LogP contribution in [0.25, 0.3) is 0 Å². The van der Waals surface area contributed by atoms with Gasteiger partial charge in [0.25, 0.3) is 0 Å². The van der Waals surface area contributed by atoms with Crippen molar-refractivity contribution < 1.29 is 9.53 Å². The first-order valence-corrected chi connectivity index (χ1v) is 8.04. The monoisotopic (exact) mass is 377 g/mol. The van der Waals surface area contributed by atoms with E-state index in [1.165, 1.54) is 18.4 Å². The van der Waals surface area contributed by atoms with Crippen LogP contribution in [0.15, 0.2) is 24.3 Å². The Labute approximate surface area is 157 Å². The third kappa shape index (κ3) is 6.85. The molecule has 0 spiro atoms. The zero-order valence-electron chi connectivity index (χ0n) is 14.4. The van der Waals surface area contributed by atoms with Crippen LogP contribution in [0.2, 0.25) is 0 Å². The first-order chi connectivity index (χ1) is 10.7. The van der Waals surface area contributed by atoms with Gasteiger partial charge in [-0.05, 0) is 50.7 Å². The molecule has 1 fully saturated rings. The lowest BCUT2D eigenvalue weighted by Gasteiger charge is -2.28. The first-order valence-electron chi connectivity index (χ1n) is 8.04. The van der Waals surface area contributed by atoms with Crippen LogP contribution in [0.1, 0.15) is 30.9 Å². The van der Waals surface area contributed by atoms with Crippen LogP contribution >= 0.6 is 24.8 Å². The molecular formula is C17H29Cl2N3O2. The third-order valence-electron chi connectivity index (χ3n) is 4.15. The Morgan fingerprint density at radius 3 is 2.62 bits per heavy atom. The smallest absolute Gasteiger partial charge is 0.221 e. The molecule has 138 valence electrons. The van der Waals surface area contributed by atoms with Gasteiger partial charge < -0.3 is 15.4 Å². The van der Waals surface area contributed by atoms with Gasteiger partial charge in [-0.15, -0.1) is 24.8 Å². The number of ether oxygens (including phenoxy) is 1. The van der Waals surface area contributed by atoms with E-state index < -0.39 is 0 Å². The van der Waals surface area contributed by atoms with Gasteiger partial charge in [-0.3, -0.25) is 9.69 Å². The number of rotatable bonds is 8. The molecule has 1 heterocycles. The number of carbonyl (C=O) groups excluding carboxylic acids is 1. The maximum Gasteiger partial charge on any atom is 0.221 e. The van der Waals surface area contributed by atoms with Crippen LogP contribution < -0.4 is 15.4 Å². The number of methoxy groups -OCH3 is 1. The van der Waals surface area contributed by atoms with Gasteiger partial charge in [-0.2, -0.15) is 0 Å². The summed E-state index contributed by atoms with van der Waals surface area (Å²) in [6.45, 7) is 3.54. The second-order valence-electron chi connectivity index (χ2n) is 5.69. The Kier molecular flexibility index (Phi) is 11.8. The lowest BCUT2D eigenvalue weighted by molar-refractivity contribution is -0.121. The summed E-state index contributed by atoms with van der Waals surface area (Å²) >= 11 is 0. The average molecular weight is 378 g/mol. The van der Waals surface area contributed by atoms with E-state index in [2.05, 4.69) is 27.7 Å². The number of halogens is 2. The normalized spacial score (nSPS) is 15.1. The van der Waals surface area contributed by atoms with Crippen molar-refractivity contribution in [3.05, 3.63) is 29.8 Å². The lowest BCUT2D eigenvalue weighted by atomic mass is 10.0. The largest absolute Gasteiger partial charge is 0.497 e. The van der Waals surface area contributed by atoms with Gasteiger partial charge in [0.05, 0.1) is 13.2 Å². The highest BCUT2D eigenvalue weighted by Gasteiger charge is 2.24. The highest BCUT2D eigenvalue weighted by Crippen LogP contribution is 2.27. The molecule has 1 saturated heterocycles. The van der Waals surface area contributed by atoms with Gasteiger partial charge in [0.15, 0.2) is 0 Å². The van der Waals surface area contributed by atoms with Gasteiger partial charge in [0, 0.05) is 19.5 Å². The SMILES string of the molecule is CNCCC(=O)NCC(c1cccc(OC)c1)N1CCCC1.Cl.Cl. The van der Waals surface area contributed by atoms with Crippen LogP contribution in [0.3, 0.4) is 0 Å². The third-order valence-corrected chi connectivity index (χ3v) is 4.15. The van der Waals surface area contributed by atoms with E-state index in [0.29, 0.717) is 19.5 Å². The standard InChI is InChI=1S/C17H27N3O2.2ClH/c1-18-9-8-17(21)19-13-16(20-10-3-4-11-20)14-6-5-7-15(12-14)22-2;;/h5-7,12,16,18H,3-4,8-11,13H2,1-2H3,(H,19,21);2*1H. The van der Waals surface area contributed by atoms with E-state index in [1.54, 1.807) is 7.11 Å². The molecular weight excluding hydrogens is 349 g/mol. The molecule has 7 heteroatoms. The number of amides is 1. The summed E-state index contributed by atoms with van der Waals surface area (Å²) in [5.74, 6) is 0.963. The summed E-state index contributed by atoms with van der Waals surface area (Å²) in [4.78, 5) is 14.3. The fourth-order valence-corrected chi connectivity index (χ4v) is 2.90. The topological polar surface area (TPSA) is 53.6 Å². The molecule has 0 bridgehead atoms. The number of hydrogen-bond acceptors (Lipinski definition) is 4. The van der Waals surface area contributed by atoms with Crippen LogP contribution in [0.4, 0.5) is 0 Å². The molecule has 1 aliphatic rings. The summed E-state index contributed by atoms with van der Waals surface area (Å²) in [5.41, 5.74) is 1.20. The van der Waals surface area contributed by atoms with Crippen molar-refractivity contribution in [1.82, 2.24) is 15.5 Å². The van der Waals surface area contributed by atoms with Crippen LogP contribution in [-0.4, -0.2) is 51.1 Å². The zero-order chi connectivity index (χ0) is 15.8. The van der Waals surface area contributed by atoms with Crippen molar-refractivity contribution in [2.45, 2.75) is 25.3 Å².